The van der Waals surface area contributed by atoms with Gasteiger partial charge < -0.3 is 10.1 Å². The van der Waals surface area contributed by atoms with Gasteiger partial charge in [-0.15, -0.1) is 0 Å². The zero-order valence-electron chi connectivity index (χ0n) is 16.8. The highest BCUT2D eigenvalue weighted by Crippen LogP contribution is 2.49. The number of urea groups is 1. The van der Waals surface area contributed by atoms with Crippen molar-refractivity contribution in [1.29, 1.82) is 0 Å². The van der Waals surface area contributed by atoms with Crippen LogP contribution in [0.4, 0.5) is 50.0 Å². The number of halogens is 11. The van der Waals surface area contributed by atoms with Crippen LogP contribution in [-0.4, -0.2) is 36.1 Å². The van der Waals surface area contributed by atoms with Gasteiger partial charge in [0, 0.05) is 5.69 Å². The normalized spacial score (nSPS) is 13.3. The molecule has 5 nitrogen and oxygen atoms in total. The van der Waals surface area contributed by atoms with E-state index in [9.17, 15) is 49.1 Å². The molecule has 0 fully saturated rings. The molecule has 2 aromatic rings. The third-order valence-electron chi connectivity index (χ3n) is 4.25. The van der Waals surface area contributed by atoms with Crippen molar-refractivity contribution in [3.05, 3.63) is 57.6 Å². The maximum atomic E-state index is 13.8. The predicted octanol–water partition coefficient (Wildman–Crippen LogP) is 6.83. The molecule has 3 amide bonds. The Kier molecular flexibility index (Phi) is 8.11. The van der Waals surface area contributed by atoms with Crippen molar-refractivity contribution in [2.45, 2.75) is 31.0 Å². The van der Waals surface area contributed by atoms with E-state index >= 15 is 0 Å². The lowest BCUT2D eigenvalue weighted by Crippen LogP contribution is -2.58. The molecule has 2 rings (SSSR count). The second-order valence-electron chi connectivity index (χ2n) is 6.73. The van der Waals surface area contributed by atoms with Gasteiger partial charge in [0.05, 0.1) is 10.0 Å². The van der Waals surface area contributed by atoms with Gasteiger partial charge in [-0.2, -0.15) is 30.7 Å². The summed E-state index contributed by atoms with van der Waals surface area (Å²) >= 11 is 11.5. The van der Waals surface area contributed by atoms with Crippen LogP contribution in [0.3, 0.4) is 0 Å². The first kappa shape index (κ1) is 28.4. The van der Waals surface area contributed by atoms with E-state index < -0.39 is 69.1 Å². The Hall–Kier alpha value is -2.87. The number of rotatable bonds is 6. The molecule has 0 aliphatic rings. The van der Waals surface area contributed by atoms with Crippen LogP contribution < -0.4 is 15.4 Å². The van der Waals surface area contributed by atoms with Crippen LogP contribution in [0.1, 0.15) is 17.3 Å². The minimum absolute atomic E-state index is 0.222. The molecule has 0 radical (unpaired) electrons. The number of amides is 3. The molecule has 0 spiro atoms. The van der Waals surface area contributed by atoms with Gasteiger partial charge in [0.2, 0.25) is 0 Å². The fourth-order valence-electron chi connectivity index (χ4n) is 2.48. The summed E-state index contributed by atoms with van der Waals surface area (Å²) < 4.78 is 123. The molecule has 0 saturated heterocycles. The topological polar surface area (TPSA) is 67.4 Å². The van der Waals surface area contributed by atoms with Crippen LogP contribution in [0.15, 0.2) is 30.3 Å². The molecule has 0 bridgehead atoms. The molecule has 0 heterocycles. The summed E-state index contributed by atoms with van der Waals surface area (Å²) in [6.07, 6.45) is -9.67. The number of hydrogen-bond donors (Lipinski definition) is 2. The van der Waals surface area contributed by atoms with Crippen molar-refractivity contribution < 1.29 is 53.8 Å². The maximum Gasteiger partial charge on any atom is 0.460 e. The monoisotopic (exact) mass is 556 g/mol. The highest BCUT2D eigenvalue weighted by molar-refractivity contribution is 6.37. The van der Waals surface area contributed by atoms with Gasteiger partial charge in [0.1, 0.15) is 17.2 Å². The summed E-state index contributed by atoms with van der Waals surface area (Å²) in [6.45, 7) is 0.222. The zero-order valence-corrected chi connectivity index (χ0v) is 18.4. The number of nitrogens with one attached hydrogen (secondary N) is 2. The SMILES string of the molecule is CC(Oc1c(Cl)cc(NC(=O)NC(=O)c2c(F)cccc2F)cc1Cl)C(F)(F)C(F)(F)C(F)(F)F. The highest BCUT2D eigenvalue weighted by atomic mass is 35.5. The molecule has 0 aliphatic carbocycles. The largest absolute Gasteiger partial charge is 0.481 e. The number of anilines is 1. The van der Waals surface area contributed by atoms with Gasteiger partial charge >= 0.3 is 24.1 Å². The predicted molar refractivity (Wildman–Crippen MR) is 105 cm³/mol. The van der Waals surface area contributed by atoms with Crippen molar-refractivity contribution in [3.63, 3.8) is 0 Å². The lowest BCUT2D eigenvalue weighted by Gasteiger charge is -2.32. The molecule has 2 N–H and O–H groups in total. The average Bonchev–Trinajstić information content (AvgIpc) is 2.69. The Morgan fingerprint density at radius 3 is 1.89 bits per heavy atom. The highest BCUT2D eigenvalue weighted by Gasteiger charge is 2.75. The van der Waals surface area contributed by atoms with E-state index in [4.69, 9.17) is 23.2 Å². The Morgan fingerprint density at radius 2 is 1.43 bits per heavy atom. The summed E-state index contributed by atoms with van der Waals surface area (Å²) in [4.78, 5) is 23.9. The number of benzene rings is 2. The summed E-state index contributed by atoms with van der Waals surface area (Å²) in [5.41, 5.74) is -1.43. The first-order valence-corrected chi connectivity index (χ1v) is 9.70. The van der Waals surface area contributed by atoms with Crippen molar-refractivity contribution in [1.82, 2.24) is 5.32 Å². The fourth-order valence-corrected chi connectivity index (χ4v) is 3.06. The quantitative estimate of drug-likeness (QED) is 0.383. The van der Waals surface area contributed by atoms with Gasteiger partial charge in [-0.1, -0.05) is 29.3 Å². The van der Waals surface area contributed by atoms with E-state index in [0.29, 0.717) is 0 Å². The Labute approximate surface area is 200 Å². The Balaban J connectivity index is 2.18. The van der Waals surface area contributed by atoms with Gasteiger partial charge in [0.15, 0.2) is 11.9 Å². The van der Waals surface area contributed by atoms with Crippen LogP contribution >= 0.6 is 23.2 Å². The zero-order chi connectivity index (χ0) is 26.9. The number of imide groups is 1. The molecule has 192 valence electrons. The second-order valence-corrected chi connectivity index (χ2v) is 7.54. The summed E-state index contributed by atoms with van der Waals surface area (Å²) in [6, 6.07) is 2.62. The smallest absolute Gasteiger partial charge is 0.460 e. The molecule has 0 aromatic heterocycles. The summed E-state index contributed by atoms with van der Waals surface area (Å²) in [5.74, 6) is -17.1. The standard InChI is InChI=1S/C19H11Cl2F9N2O3/c1-7(17(24,25)18(26,27)19(28,29)30)35-14-9(20)5-8(6-10(14)21)31-16(34)32-15(33)13-11(22)3-2-4-12(13)23/h2-7H,1H3,(H2,31,32,33,34). The minimum atomic E-state index is -6.59. The number of alkyl halides is 7. The van der Waals surface area contributed by atoms with Gasteiger partial charge in [-0.3, -0.25) is 10.1 Å². The fraction of sp³-hybridized carbons (Fsp3) is 0.263. The number of carbonyl (C=O) groups is 2. The van der Waals surface area contributed by atoms with Crippen molar-refractivity contribution in [3.8, 4) is 5.75 Å². The van der Waals surface area contributed by atoms with Crippen molar-refractivity contribution >= 4 is 40.8 Å². The Bertz CT molecular complexity index is 1100. The molecular formula is C19H11Cl2F9N2O3. The molecule has 1 unspecified atom stereocenters. The Morgan fingerprint density at radius 1 is 0.943 bits per heavy atom. The van der Waals surface area contributed by atoms with Crippen LogP contribution in [0.5, 0.6) is 5.75 Å². The van der Waals surface area contributed by atoms with Gasteiger partial charge in [0.25, 0.3) is 5.91 Å². The molecule has 2 aromatic carbocycles. The molecule has 16 heteroatoms. The lowest BCUT2D eigenvalue weighted by molar-refractivity contribution is -0.367. The van der Waals surface area contributed by atoms with E-state index in [2.05, 4.69) is 4.74 Å². The third-order valence-corrected chi connectivity index (χ3v) is 4.81. The third kappa shape index (κ3) is 5.86. The molecular weight excluding hydrogens is 546 g/mol. The second kappa shape index (κ2) is 10.0. The van der Waals surface area contributed by atoms with Gasteiger partial charge in [-0.25, -0.2) is 13.6 Å². The van der Waals surface area contributed by atoms with Crippen molar-refractivity contribution in [2.24, 2.45) is 0 Å². The van der Waals surface area contributed by atoms with Crippen LogP contribution in [-0.2, 0) is 0 Å². The van der Waals surface area contributed by atoms with E-state index in [1.807, 2.05) is 5.32 Å². The lowest BCUT2D eigenvalue weighted by atomic mass is 10.1. The van der Waals surface area contributed by atoms with Crippen molar-refractivity contribution in [2.75, 3.05) is 5.32 Å². The molecule has 0 aliphatic heterocycles. The average molecular weight is 557 g/mol. The molecule has 35 heavy (non-hydrogen) atoms. The van der Waals surface area contributed by atoms with E-state index in [1.165, 1.54) is 0 Å². The van der Waals surface area contributed by atoms with E-state index in [1.54, 1.807) is 5.32 Å². The molecule has 0 saturated carbocycles. The maximum absolute atomic E-state index is 13.8. The van der Waals surface area contributed by atoms with E-state index in [-0.39, 0.29) is 12.6 Å². The number of ether oxygens (including phenoxy) is 1. The van der Waals surface area contributed by atoms with Crippen LogP contribution in [0, 0.1) is 11.6 Å². The summed E-state index contributed by atoms with van der Waals surface area (Å²) in [5, 5.41) is 2.13. The summed E-state index contributed by atoms with van der Waals surface area (Å²) in [7, 11) is 0. The number of carbonyl (C=O) groups excluding carboxylic acids is 2. The minimum Gasteiger partial charge on any atom is -0.481 e. The van der Waals surface area contributed by atoms with E-state index in [0.717, 1.165) is 30.3 Å². The van der Waals surface area contributed by atoms with Gasteiger partial charge in [-0.05, 0) is 31.2 Å². The van der Waals surface area contributed by atoms with Crippen LogP contribution in [0.25, 0.3) is 0 Å². The first-order chi connectivity index (χ1) is 15.9. The first-order valence-electron chi connectivity index (χ1n) is 8.94. The van der Waals surface area contributed by atoms with Crippen LogP contribution in [0.2, 0.25) is 10.0 Å². The molecule has 1 atom stereocenters. The number of hydrogen-bond acceptors (Lipinski definition) is 3.